The van der Waals surface area contributed by atoms with Crippen LogP contribution >= 0.6 is 11.6 Å². The number of aromatic nitrogens is 2. The Labute approximate surface area is 155 Å². The summed E-state index contributed by atoms with van der Waals surface area (Å²) in [5.74, 6) is 0.833. The van der Waals surface area contributed by atoms with Gasteiger partial charge in [0.1, 0.15) is 5.82 Å². The molecule has 2 N–H and O–H groups in total. The monoisotopic (exact) mass is 387 g/mol. The van der Waals surface area contributed by atoms with Gasteiger partial charge >= 0.3 is 6.18 Å². The first-order valence-electron chi connectivity index (χ1n) is 8.03. The van der Waals surface area contributed by atoms with Crippen LogP contribution in [-0.2, 0) is 6.18 Å². The van der Waals surface area contributed by atoms with Crippen molar-refractivity contribution < 1.29 is 13.2 Å². The molecule has 2 aromatic rings. The van der Waals surface area contributed by atoms with E-state index in [1.54, 1.807) is 13.0 Å². The summed E-state index contributed by atoms with van der Waals surface area (Å²) in [4.78, 5) is 10.7. The Balaban J connectivity index is 2.12. The largest absolute Gasteiger partial charge is 0.417 e. The van der Waals surface area contributed by atoms with Gasteiger partial charge in [0.15, 0.2) is 0 Å². The third kappa shape index (κ3) is 6.03. The molecule has 2 rings (SSSR count). The fourth-order valence-corrected chi connectivity index (χ4v) is 2.50. The zero-order chi connectivity index (χ0) is 19.3. The highest BCUT2D eigenvalue weighted by Crippen LogP contribution is 2.36. The average Bonchev–Trinajstić information content (AvgIpc) is 2.52. The van der Waals surface area contributed by atoms with Crippen LogP contribution in [0.2, 0.25) is 5.02 Å². The van der Waals surface area contributed by atoms with E-state index >= 15 is 0 Å². The molecule has 0 aliphatic rings. The van der Waals surface area contributed by atoms with Crippen LogP contribution in [0, 0.1) is 6.92 Å². The second kappa shape index (κ2) is 8.55. The van der Waals surface area contributed by atoms with Crippen molar-refractivity contribution in [3.63, 3.8) is 0 Å². The van der Waals surface area contributed by atoms with Gasteiger partial charge in [0.05, 0.1) is 10.6 Å². The van der Waals surface area contributed by atoms with Crippen LogP contribution < -0.4 is 10.6 Å². The van der Waals surface area contributed by atoms with Crippen LogP contribution in [0.4, 0.5) is 30.6 Å². The maximum Gasteiger partial charge on any atom is 0.417 e. The van der Waals surface area contributed by atoms with Crippen molar-refractivity contribution in [2.45, 2.75) is 19.5 Å². The zero-order valence-corrected chi connectivity index (χ0v) is 15.5. The number of anilines is 3. The van der Waals surface area contributed by atoms with E-state index in [0.29, 0.717) is 24.0 Å². The second-order valence-corrected chi connectivity index (χ2v) is 6.53. The van der Waals surface area contributed by atoms with E-state index in [0.717, 1.165) is 19.0 Å². The first-order valence-corrected chi connectivity index (χ1v) is 8.41. The van der Waals surface area contributed by atoms with Gasteiger partial charge in [-0.3, -0.25) is 0 Å². The smallest absolute Gasteiger partial charge is 0.354 e. The van der Waals surface area contributed by atoms with Crippen LogP contribution in [-0.4, -0.2) is 42.1 Å². The number of benzene rings is 1. The fourth-order valence-electron chi connectivity index (χ4n) is 2.28. The normalized spacial score (nSPS) is 11.7. The predicted molar refractivity (Wildman–Crippen MR) is 98.2 cm³/mol. The highest BCUT2D eigenvalue weighted by atomic mass is 35.5. The van der Waals surface area contributed by atoms with Gasteiger partial charge in [-0.2, -0.15) is 18.2 Å². The van der Waals surface area contributed by atoms with E-state index in [2.05, 4.69) is 25.5 Å². The van der Waals surface area contributed by atoms with Crippen molar-refractivity contribution in [1.29, 1.82) is 0 Å². The van der Waals surface area contributed by atoms with E-state index in [4.69, 9.17) is 11.6 Å². The summed E-state index contributed by atoms with van der Waals surface area (Å²) in [5.41, 5.74) is 0.0537. The number of hydrogen-bond acceptors (Lipinski definition) is 5. The number of alkyl halides is 3. The summed E-state index contributed by atoms with van der Waals surface area (Å²) in [7, 11) is 3.99. The molecule has 0 bridgehead atoms. The lowest BCUT2D eigenvalue weighted by Gasteiger charge is -2.13. The van der Waals surface area contributed by atoms with Gasteiger partial charge in [-0.05, 0) is 52.2 Å². The van der Waals surface area contributed by atoms with Gasteiger partial charge in [0, 0.05) is 24.0 Å². The zero-order valence-electron chi connectivity index (χ0n) is 14.8. The minimum absolute atomic E-state index is 0.249. The van der Waals surface area contributed by atoms with Crippen molar-refractivity contribution in [3.8, 4) is 0 Å². The SMILES string of the molecule is Cc1cc(Nc2ccc(Cl)c(C(F)(F)F)c2)nc(NCCCN(C)C)n1. The molecule has 0 spiro atoms. The molecule has 0 fully saturated rings. The van der Waals surface area contributed by atoms with E-state index in [1.807, 2.05) is 14.1 Å². The lowest BCUT2D eigenvalue weighted by atomic mass is 10.2. The molecule has 0 saturated heterocycles. The van der Waals surface area contributed by atoms with Gasteiger partial charge in [-0.15, -0.1) is 0 Å². The third-order valence-corrected chi connectivity index (χ3v) is 3.79. The molecule has 9 heteroatoms. The molecule has 26 heavy (non-hydrogen) atoms. The Morgan fingerprint density at radius 1 is 1.15 bits per heavy atom. The first kappa shape index (κ1) is 20.3. The number of nitrogens with zero attached hydrogens (tertiary/aromatic N) is 3. The standard InChI is InChI=1S/C17H21ClF3N5/c1-11-9-15(25-16(23-11)22-7-4-8-26(2)3)24-12-5-6-14(18)13(10-12)17(19,20)21/h5-6,9-10H,4,7-8H2,1-3H3,(H2,22,23,24,25). The molecule has 1 aromatic heterocycles. The molecule has 1 heterocycles. The summed E-state index contributed by atoms with van der Waals surface area (Å²) in [6, 6.07) is 5.30. The van der Waals surface area contributed by atoms with Crippen molar-refractivity contribution in [1.82, 2.24) is 14.9 Å². The minimum atomic E-state index is -4.52. The van der Waals surface area contributed by atoms with E-state index in [1.165, 1.54) is 12.1 Å². The summed E-state index contributed by atoms with van der Waals surface area (Å²) in [6.45, 7) is 3.41. The molecular formula is C17H21ClF3N5. The lowest BCUT2D eigenvalue weighted by Crippen LogP contribution is -2.17. The molecule has 0 unspecified atom stereocenters. The predicted octanol–water partition coefficient (Wildman–Crippen LogP) is 4.56. The highest BCUT2D eigenvalue weighted by Gasteiger charge is 2.33. The molecule has 0 saturated carbocycles. The van der Waals surface area contributed by atoms with Gasteiger partial charge in [0.25, 0.3) is 0 Å². The Kier molecular flexibility index (Phi) is 6.66. The molecule has 0 radical (unpaired) electrons. The minimum Gasteiger partial charge on any atom is -0.354 e. The second-order valence-electron chi connectivity index (χ2n) is 6.12. The quantitative estimate of drug-likeness (QED) is 0.682. The average molecular weight is 388 g/mol. The molecule has 0 aliphatic heterocycles. The third-order valence-electron chi connectivity index (χ3n) is 3.46. The Morgan fingerprint density at radius 2 is 1.88 bits per heavy atom. The van der Waals surface area contributed by atoms with E-state index in [-0.39, 0.29) is 10.7 Å². The van der Waals surface area contributed by atoms with Crippen molar-refractivity contribution in [3.05, 3.63) is 40.5 Å². The first-order chi connectivity index (χ1) is 12.1. The summed E-state index contributed by atoms with van der Waals surface area (Å²) >= 11 is 5.64. The van der Waals surface area contributed by atoms with Gasteiger partial charge in [0.2, 0.25) is 5.95 Å². The molecule has 5 nitrogen and oxygen atoms in total. The number of aryl methyl sites for hydroxylation is 1. The number of halogens is 4. The van der Waals surface area contributed by atoms with Crippen LogP contribution in [0.1, 0.15) is 17.7 Å². The molecular weight excluding hydrogens is 367 g/mol. The summed E-state index contributed by atoms with van der Waals surface area (Å²) in [5, 5.41) is 5.65. The molecule has 0 amide bonds. The van der Waals surface area contributed by atoms with Gasteiger partial charge in [-0.25, -0.2) is 4.98 Å². The molecule has 142 valence electrons. The van der Waals surface area contributed by atoms with Gasteiger partial charge < -0.3 is 15.5 Å². The van der Waals surface area contributed by atoms with E-state index in [9.17, 15) is 13.2 Å². The topological polar surface area (TPSA) is 53.1 Å². The number of hydrogen-bond donors (Lipinski definition) is 2. The summed E-state index contributed by atoms with van der Waals surface area (Å²) < 4.78 is 38.9. The van der Waals surface area contributed by atoms with Crippen molar-refractivity contribution >= 4 is 29.1 Å². The van der Waals surface area contributed by atoms with E-state index < -0.39 is 11.7 Å². The van der Waals surface area contributed by atoms with Gasteiger partial charge in [-0.1, -0.05) is 11.6 Å². The van der Waals surface area contributed by atoms with Crippen LogP contribution in [0.5, 0.6) is 0 Å². The fraction of sp³-hybridized carbons (Fsp3) is 0.412. The van der Waals surface area contributed by atoms with Crippen LogP contribution in [0.25, 0.3) is 0 Å². The maximum absolute atomic E-state index is 13.0. The van der Waals surface area contributed by atoms with Crippen molar-refractivity contribution in [2.75, 3.05) is 37.8 Å². The Bertz CT molecular complexity index is 750. The highest BCUT2D eigenvalue weighted by molar-refractivity contribution is 6.31. The maximum atomic E-state index is 13.0. The van der Waals surface area contributed by atoms with Crippen LogP contribution in [0.3, 0.4) is 0 Å². The number of rotatable bonds is 7. The summed E-state index contributed by atoms with van der Waals surface area (Å²) in [6.07, 6.45) is -3.60. The molecule has 0 aliphatic carbocycles. The Hall–Kier alpha value is -2.06. The Morgan fingerprint density at radius 3 is 2.54 bits per heavy atom. The number of nitrogens with one attached hydrogen (secondary N) is 2. The lowest BCUT2D eigenvalue weighted by molar-refractivity contribution is -0.137. The van der Waals surface area contributed by atoms with Crippen LogP contribution in [0.15, 0.2) is 24.3 Å². The molecule has 0 atom stereocenters. The molecule has 1 aromatic carbocycles. The van der Waals surface area contributed by atoms with Crippen molar-refractivity contribution in [2.24, 2.45) is 0 Å².